The van der Waals surface area contributed by atoms with Gasteiger partial charge in [-0.05, 0) is 61.6 Å². The number of fused-ring (bicyclic) bond motifs is 2. The van der Waals surface area contributed by atoms with Crippen molar-refractivity contribution in [3.05, 3.63) is 76.9 Å². The molecule has 0 atom stereocenters. The number of carbonyl (C=O) groups is 1. The van der Waals surface area contributed by atoms with Crippen LogP contribution in [0, 0.1) is 6.92 Å². The van der Waals surface area contributed by atoms with Crippen LogP contribution in [-0.4, -0.2) is 39.9 Å². The van der Waals surface area contributed by atoms with Crippen LogP contribution in [0.3, 0.4) is 0 Å². The summed E-state index contributed by atoms with van der Waals surface area (Å²) in [6, 6.07) is 18.0. The first kappa shape index (κ1) is 22.7. The van der Waals surface area contributed by atoms with Crippen LogP contribution >= 0.6 is 11.3 Å². The molecule has 0 saturated carbocycles. The predicted octanol–water partition coefficient (Wildman–Crippen LogP) is 5.19. The van der Waals surface area contributed by atoms with Gasteiger partial charge in [0.25, 0.3) is 5.91 Å². The molecule has 0 saturated heterocycles. The average molecular weight is 484 g/mol. The maximum atomic E-state index is 13.0. The van der Waals surface area contributed by atoms with Crippen LogP contribution in [0.2, 0.25) is 0 Å². The van der Waals surface area contributed by atoms with E-state index in [-0.39, 0.29) is 11.6 Å². The Balaban J connectivity index is 1.50. The highest BCUT2D eigenvalue weighted by Gasteiger charge is 2.16. The van der Waals surface area contributed by atoms with E-state index in [0.29, 0.717) is 17.2 Å². The number of nitrogens with zero attached hydrogens (tertiary/aromatic N) is 4. The molecule has 0 aliphatic carbocycles. The van der Waals surface area contributed by atoms with Crippen LogP contribution in [0.4, 0.5) is 23.1 Å². The molecule has 3 aromatic heterocycles. The van der Waals surface area contributed by atoms with E-state index in [1.807, 2.05) is 62.8 Å². The number of nitrogens with one attached hydrogen (secondary N) is 2. The molecule has 4 N–H and O–H groups in total. The first-order valence-electron chi connectivity index (χ1n) is 11.1. The summed E-state index contributed by atoms with van der Waals surface area (Å²) in [5.41, 5.74) is 9.89. The minimum absolute atomic E-state index is 0.00503. The zero-order valence-electron chi connectivity index (χ0n) is 19.7. The molecule has 0 spiro atoms. The van der Waals surface area contributed by atoms with Gasteiger partial charge in [0.15, 0.2) is 0 Å². The minimum atomic E-state index is -0.469. The molecule has 9 heteroatoms. The fraction of sp³-hybridized carbons (Fsp3) is 0.154. The maximum absolute atomic E-state index is 13.0. The highest BCUT2D eigenvalue weighted by molar-refractivity contribution is 7.17. The molecule has 176 valence electrons. The average Bonchev–Trinajstić information content (AvgIpc) is 3.28. The Morgan fingerprint density at radius 1 is 1.06 bits per heavy atom. The van der Waals surface area contributed by atoms with Crippen molar-refractivity contribution in [2.75, 3.05) is 30.5 Å². The van der Waals surface area contributed by atoms with Crippen LogP contribution in [0.1, 0.15) is 21.7 Å². The van der Waals surface area contributed by atoms with E-state index in [4.69, 9.17) is 10.7 Å². The van der Waals surface area contributed by atoms with E-state index < -0.39 is 5.91 Å². The molecule has 35 heavy (non-hydrogen) atoms. The third-order valence-corrected chi connectivity index (χ3v) is 6.38. The van der Waals surface area contributed by atoms with Gasteiger partial charge < -0.3 is 21.3 Å². The Bertz CT molecular complexity index is 1560. The lowest BCUT2D eigenvalue weighted by atomic mass is 10.1. The van der Waals surface area contributed by atoms with Crippen molar-refractivity contribution in [1.29, 1.82) is 0 Å². The third-order valence-electron chi connectivity index (χ3n) is 5.45. The van der Waals surface area contributed by atoms with E-state index in [0.717, 1.165) is 33.3 Å². The van der Waals surface area contributed by atoms with Gasteiger partial charge in [0.1, 0.15) is 17.5 Å². The fourth-order valence-corrected chi connectivity index (χ4v) is 4.68. The third kappa shape index (κ3) is 4.91. The normalized spacial score (nSPS) is 11.3. The predicted molar refractivity (Wildman–Crippen MR) is 143 cm³/mol. The molecule has 8 nitrogen and oxygen atoms in total. The number of nitrogen functional groups attached to an aromatic ring is 1. The Labute approximate surface area is 206 Å². The molecule has 0 aliphatic heterocycles. The maximum Gasteiger partial charge on any atom is 0.294 e. The van der Waals surface area contributed by atoms with E-state index in [1.54, 1.807) is 0 Å². The Morgan fingerprint density at radius 2 is 1.91 bits per heavy atom. The van der Waals surface area contributed by atoms with Crippen molar-refractivity contribution < 1.29 is 4.79 Å². The van der Waals surface area contributed by atoms with Gasteiger partial charge in [-0.25, -0.2) is 15.0 Å². The first-order chi connectivity index (χ1) is 16.9. The molecule has 0 unspecified atom stereocenters. The van der Waals surface area contributed by atoms with E-state index in [2.05, 4.69) is 43.7 Å². The number of thiophene rings is 1. The van der Waals surface area contributed by atoms with E-state index in [1.165, 1.54) is 16.9 Å². The smallest absolute Gasteiger partial charge is 0.294 e. The van der Waals surface area contributed by atoms with Crippen molar-refractivity contribution in [2.24, 2.45) is 0 Å². The molecule has 1 amide bonds. The summed E-state index contributed by atoms with van der Waals surface area (Å²) in [6.45, 7) is 2.86. The van der Waals surface area contributed by atoms with Gasteiger partial charge >= 0.3 is 0 Å². The number of benzene rings is 2. The van der Waals surface area contributed by atoms with E-state index in [9.17, 15) is 4.79 Å². The topological polar surface area (TPSA) is 109 Å². The van der Waals surface area contributed by atoms with Gasteiger partial charge in [-0.2, -0.15) is 0 Å². The summed E-state index contributed by atoms with van der Waals surface area (Å²) >= 11 is 1.44. The molecular weight excluding hydrogens is 458 g/mol. The largest absolute Gasteiger partial charge is 0.382 e. The zero-order chi connectivity index (χ0) is 24.5. The molecule has 2 aromatic carbocycles. The number of aromatic nitrogens is 3. The minimum Gasteiger partial charge on any atom is -0.382 e. The standard InChI is InChI=1S/C26H25N7OS/c1-15-7-8-19-17(11-15)13-21(30-24(19)28-18-6-4-5-16(12-18)14-33(2)3)31-26(34)25-29-20-9-10-35-22(20)23(27)32-25/h4-13H,14H2,1-3H3,(H2,27,29,32)(H2,28,30,31,34). The molecule has 5 aromatic rings. The Kier molecular flexibility index (Phi) is 6.02. The Morgan fingerprint density at radius 3 is 2.74 bits per heavy atom. The molecule has 0 aliphatic rings. The monoisotopic (exact) mass is 483 g/mol. The summed E-state index contributed by atoms with van der Waals surface area (Å²) in [4.78, 5) is 28.4. The molecule has 3 heterocycles. The second kappa shape index (κ2) is 9.28. The van der Waals surface area contributed by atoms with Gasteiger partial charge in [-0.3, -0.25) is 4.79 Å². The van der Waals surface area contributed by atoms with Crippen LogP contribution in [0.5, 0.6) is 0 Å². The number of anilines is 4. The number of aryl methyl sites for hydroxylation is 1. The van der Waals surface area contributed by atoms with Crippen LogP contribution in [0.25, 0.3) is 21.0 Å². The first-order valence-corrected chi connectivity index (χ1v) is 12.0. The molecular formula is C26H25N7OS. The number of hydrogen-bond acceptors (Lipinski definition) is 8. The van der Waals surface area contributed by atoms with Crippen LogP contribution in [-0.2, 0) is 6.54 Å². The van der Waals surface area contributed by atoms with Gasteiger partial charge in [0, 0.05) is 17.6 Å². The van der Waals surface area contributed by atoms with Crippen LogP contribution in [0.15, 0.2) is 60.0 Å². The zero-order valence-corrected chi connectivity index (χ0v) is 20.5. The number of carbonyl (C=O) groups excluding carboxylic acids is 1. The van der Waals surface area contributed by atoms with Crippen molar-refractivity contribution in [3.63, 3.8) is 0 Å². The fourth-order valence-electron chi connectivity index (χ4n) is 3.95. The van der Waals surface area contributed by atoms with Crippen molar-refractivity contribution in [3.8, 4) is 0 Å². The number of hydrogen-bond donors (Lipinski definition) is 3. The van der Waals surface area contributed by atoms with Crippen LogP contribution < -0.4 is 16.4 Å². The second-order valence-corrected chi connectivity index (χ2v) is 9.58. The highest BCUT2D eigenvalue weighted by Crippen LogP contribution is 2.29. The molecule has 0 bridgehead atoms. The second-order valence-electron chi connectivity index (χ2n) is 8.67. The quantitative estimate of drug-likeness (QED) is 0.305. The number of nitrogens with two attached hydrogens (primary N) is 1. The molecule has 0 radical (unpaired) electrons. The lowest BCUT2D eigenvalue weighted by molar-refractivity contribution is 0.101. The Hall–Kier alpha value is -4.08. The lowest BCUT2D eigenvalue weighted by Gasteiger charge is -2.14. The van der Waals surface area contributed by atoms with E-state index >= 15 is 0 Å². The molecule has 5 rings (SSSR count). The van der Waals surface area contributed by atoms with Gasteiger partial charge in [-0.15, -0.1) is 11.3 Å². The van der Waals surface area contributed by atoms with Crippen molar-refractivity contribution in [1.82, 2.24) is 19.9 Å². The highest BCUT2D eigenvalue weighted by atomic mass is 32.1. The molecule has 0 fully saturated rings. The number of amides is 1. The SMILES string of the molecule is Cc1ccc2c(Nc3cccc(CN(C)C)c3)nc(NC(=O)c3nc(N)c4sccc4n3)cc2c1. The van der Waals surface area contributed by atoms with Gasteiger partial charge in [-0.1, -0.05) is 35.9 Å². The lowest BCUT2D eigenvalue weighted by Crippen LogP contribution is -2.17. The number of pyridine rings is 1. The summed E-state index contributed by atoms with van der Waals surface area (Å²) in [6.07, 6.45) is 0. The van der Waals surface area contributed by atoms with Crippen molar-refractivity contribution in [2.45, 2.75) is 13.5 Å². The van der Waals surface area contributed by atoms with Gasteiger partial charge in [0.05, 0.1) is 10.2 Å². The van der Waals surface area contributed by atoms with Gasteiger partial charge in [0.2, 0.25) is 5.82 Å². The summed E-state index contributed by atoms with van der Waals surface area (Å²) < 4.78 is 0.767. The number of rotatable bonds is 6. The van der Waals surface area contributed by atoms with Crippen molar-refractivity contribution >= 4 is 61.4 Å². The summed E-state index contributed by atoms with van der Waals surface area (Å²) in [7, 11) is 4.08. The summed E-state index contributed by atoms with van der Waals surface area (Å²) in [5, 5.41) is 10.1. The summed E-state index contributed by atoms with van der Waals surface area (Å²) in [5.74, 6) is 0.868.